The van der Waals surface area contributed by atoms with Crippen LogP contribution in [0.2, 0.25) is 0 Å². The van der Waals surface area contributed by atoms with Gasteiger partial charge in [-0.1, -0.05) is 52.0 Å². The fourth-order valence-electron chi connectivity index (χ4n) is 2.44. The van der Waals surface area contributed by atoms with Crippen molar-refractivity contribution < 1.29 is 8.42 Å². The Morgan fingerprint density at radius 2 is 1.46 bits per heavy atom. The highest BCUT2D eigenvalue weighted by atomic mass is 32.2. The predicted molar refractivity (Wildman–Crippen MR) is 101 cm³/mol. The van der Waals surface area contributed by atoms with E-state index in [0.29, 0.717) is 17.5 Å². The van der Waals surface area contributed by atoms with Gasteiger partial charge in [-0.25, -0.2) is 8.42 Å². The second-order valence-electron chi connectivity index (χ2n) is 6.96. The van der Waals surface area contributed by atoms with Crippen LogP contribution in [0, 0.1) is 5.92 Å². The zero-order valence-corrected chi connectivity index (χ0v) is 15.7. The summed E-state index contributed by atoms with van der Waals surface area (Å²) in [5, 5.41) is 0. The van der Waals surface area contributed by atoms with Crippen molar-refractivity contribution in [2.45, 2.75) is 51.3 Å². The Hall–Kier alpha value is -1.81. The molecule has 24 heavy (non-hydrogen) atoms. The first-order valence-electron chi connectivity index (χ1n) is 8.49. The molecule has 0 spiro atoms. The van der Waals surface area contributed by atoms with Gasteiger partial charge in [0.1, 0.15) is 0 Å². The highest BCUT2D eigenvalue weighted by Crippen LogP contribution is 2.20. The predicted octanol–water partition coefficient (Wildman–Crippen LogP) is 5.20. The van der Waals surface area contributed by atoms with E-state index in [0.717, 1.165) is 18.4 Å². The van der Waals surface area contributed by atoms with E-state index >= 15 is 0 Å². The van der Waals surface area contributed by atoms with Gasteiger partial charge in [-0.15, -0.1) is 0 Å². The van der Waals surface area contributed by atoms with Crippen molar-refractivity contribution in [2.75, 3.05) is 4.72 Å². The Morgan fingerprint density at radius 1 is 0.875 bits per heavy atom. The number of anilines is 1. The second kappa shape index (κ2) is 7.84. The first-order chi connectivity index (χ1) is 11.3. The van der Waals surface area contributed by atoms with E-state index in [1.165, 1.54) is 5.56 Å². The Morgan fingerprint density at radius 3 is 1.96 bits per heavy atom. The Balaban J connectivity index is 2.08. The molecule has 0 fully saturated rings. The molecule has 0 aliphatic rings. The van der Waals surface area contributed by atoms with E-state index in [-0.39, 0.29) is 4.90 Å². The summed E-state index contributed by atoms with van der Waals surface area (Å²) in [6.45, 7) is 8.57. The third-order valence-electron chi connectivity index (χ3n) is 4.07. The molecular weight excluding hydrogens is 318 g/mol. The lowest BCUT2D eigenvalue weighted by molar-refractivity contribution is 0.587. The summed E-state index contributed by atoms with van der Waals surface area (Å²) in [6, 6.07) is 14.7. The minimum Gasteiger partial charge on any atom is -0.280 e. The average molecular weight is 346 g/mol. The van der Waals surface area contributed by atoms with Crippen molar-refractivity contribution in [2.24, 2.45) is 5.92 Å². The number of nitrogens with one attached hydrogen (secondary N) is 1. The highest BCUT2D eigenvalue weighted by Gasteiger charge is 2.14. The summed E-state index contributed by atoms with van der Waals surface area (Å²) >= 11 is 0. The zero-order chi connectivity index (χ0) is 17.7. The number of hydrogen-bond acceptors (Lipinski definition) is 2. The number of aryl methyl sites for hydroxylation is 1. The summed E-state index contributed by atoms with van der Waals surface area (Å²) in [5.41, 5.74) is 2.95. The van der Waals surface area contributed by atoms with Gasteiger partial charge >= 0.3 is 0 Å². The van der Waals surface area contributed by atoms with Crippen LogP contribution in [0.1, 0.15) is 51.2 Å². The van der Waals surface area contributed by atoms with Crippen LogP contribution in [0.3, 0.4) is 0 Å². The minimum atomic E-state index is -3.54. The van der Waals surface area contributed by atoms with E-state index < -0.39 is 10.0 Å². The van der Waals surface area contributed by atoms with Crippen molar-refractivity contribution in [3.8, 4) is 0 Å². The van der Waals surface area contributed by atoms with E-state index in [1.54, 1.807) is 12.1 Å². The van der Waals surface area contributed by atoms with E-state index in [4.69, 9.17) is 0 Å². The van der Waals surface area contributed by atoms with Crippen molar-refractivity contribution in [1.29, 1.82) is 0 Å². The third-order valence-corrected chi connectivity index (χ3v) is 5.47. The molecule has 130 valence electrons. The Kier molecular flexibility index (Phi) is 6.05. The third kappa shape index (κ3) is 5.10. The summed E-state index contributed by atoms with van der Waals surface area (Å²) in [6.07, 6.45) is 2.15. The van der Waals surface area contributed by atoms with Crippen LogP contribution in [0.25, 0.3) is 0 Å². The molecule has 0 saturated carbocycles. The highest BCUT2D eigenvalue weighted by molar-refractivity contribution is 7.92. The SMILES string of the molecule is CC(C)CCc1ccc(NS(=O)(=O)c2ccc(C(C)C)cc2)cc1. The van der Waals surface area contributed by atoms with Gasteiger partial charge in [0.05, 0.1) is 4.90 Å². The topological polar surface area (TPSA) is 46.2 Å². The lowest BCUT2D eigenvalue weighted by atomic mass is 10.0. The van der Waals surface area contributed by atoms with Crippen molar-refractivity contribution in [1.82, 2.24) is 0 Å². The molecule has 0 aliphatic carbocycles. The van der Waals surface area contributed by atoms with Crippen LogP contribution >= 0.6 is 0 Å². The molecular formula is C20H27NO2S. The summed E-state index contributed by atoms with van der Waals surface area (Å²) in [7, 11) is -3.54. The molecule has 2 aromatic rings. The normalized spacial score (nSPS) is 11.9. The molecule has 0 atom stereocenters. The van der Waals surface area contributed by atoms with Crippen LogP contribution in [0.5, 0.6) is 0 Å². The van der Waals surface area contributed by atoms with Crippen LogP contribution in [0.4, 0.5) is 5.69 Å². The van der Waals surface area contributed by atoms with Gasteiger partial charge in [0.2, 0.25) is 0 Å². The fraction of sp³-hybridized carbons (Fsp3) is 0.400. The maximum atomic E-state index is 12.5. The monoisotopic (exact) mass is 345 g/mol. The standard InChI is InChI=1S/C20H27NO2S/c1-15(2)5-6-17-7-11-19(12-8-17)21-24(22,23)20-13-9-18(10-14-20)16(3)4/h7-16,21H,5-6H2,1-4H3. The van der Waals surface area contributed by atoms with E-state index in [1.807, 2.05) is 36.4 Å². The molecule has 0 heterocycles. The first-order valence-corrected chi connectivity index (χ1v) is 9.98. The molecule has 1 N–H and O–H groups in total. The fourth-order valence-corrected chi connectivity index (χ4v) is 3.50. The minimum absolute atomic E-state index is 0.288. The number of benzene rings is 2. The molecule has 0 amide bonds. The van der Waals surface area contributed by atoms with Gasteiger partial charge in [-0.3, -0.25) is 4.72 Å². The molecule has 0 bridgehead atoms. The number of sulfonamides is 1. The van der Waals surface area contributed by atoms with Gasteiger partial charge in [0, 0.05) is 5.69 Å². The van der Waals surface area contributed by atoms with Gasteiger partial charge in [-0.2, -0.15) is 0 Å². The average Bonchev–Trinajstić information content (AvgIpc) is 2.54. The Bertz CT molecular complexity index is 745. The molecule has 0 aliphatic heterocycles. The quantitative estimate of drug-likeness (QED) is 0.749. The second-order valence-corrected chi connectivity index (χ2v) is 8.64. The van der Waals surface area contributed by atoms with Crippen LogP contribution in [0.15, 0.2) is 53.4 Å². The summed E-state index contributed by atoms with van der Waals surface area (Å²) in [5.74, 6) is 1.05. The zero-order valence-electron chi connectivity index (χ0n) is 14.9. The molecule has 3 nitrogen and oxygen atoms in total. The van der Waals surface area contributed by atoms with Gasteiger partial charge < -0.3 is 0 Å². The lowest BCUT2D eigenvalue weighted by Gasteiger charge is -2.11. The van der Waals surface area contributed by atoms with Crippen LogP contribution in [-0.4, -0.2) is 8.42 Å². The van der Waals surface area contributed by atoms with E-state index in [2.05, 4.69) is 32.4 Å². The van der Waals surface area contributed by atoms with Crippen molar-refractivity contribution in [3.05, 3.63) is 59.7 Å². The summed E-state index contributed by atoms with van der Waals surface area (Å²) < 4.78 is 27.6. The first kappa shape index (κ1) is 18.5. The smallest absolute Gasteiger partial charge is 0.261 e. The van der Waals surface area contributed by atoms with Gasteiger partial charge in [0.15, 0.2) is 0 Å². The van der Waals surface area contributed by atoms with Crippen LogP contribution < -0.4 is 4.72 Å². The Labute approximate surface area is 146 Å². The molecule has 2 rings (SSSR count). The number of rotatable bonds is 7. The van der Waals surface area contributed by atoms with Gasteiger partial charge in [0.25, 0.3) is 10.0 Å². The van der Waals surface area contributed by atoms with E-state index in [9.17, 15) is 8.42 Å². The largest absolute Gasteiger partial charge is 0.280 e. The van der Waals surface area contributed by atoms with Gasteiger partial charge in [-0.05, 0) is 60.1 Å². The molecule has 0 radical (unpaired) electrons. The lowest BCUT2D eigenvalue weighted by Crippen LogP contribution is -2.13. The van der Waals surface area contributed by atoms with Crippen molar-refractivity contribution >= 4 is 15.7 Å². The van der Waals surface area contributed by atoms with Crippen LogP contribution in [-0.2, 0) is 16.4 Å². The maximum absolute atomic E-state index is 12.5. The maximum Gasteiger partial charge on any atom is 0.261 e. The molecule has 4 heteroatoms. The van der Waals surface area contributed by atoms with Crippen molar-refractivity contribution in [3.63, 3.8) is 0 Å². The molecule has 2 aromatic carbocycles. The molecule has 0 unspecified atom stereocenters. The summed E-state index contributed by atoms with van der Waals surface area (Å²) in [4.78, 5) is 0.288. The molecule has 0 saturated heterocycles. The molecule has 0 aromatic heterocycles. The number of hydrogen-bond donors (Lipinski definition) is 1.